The second kappa shape index (κ2) is 7.30. The summed E-state index contributed by atoms with van der Waals surface area (Å²) in [5, 5.41) is 1.36. The molecule has 5 heteroatoms. The highest BCUT2D eigenvalue weighted by atomic mass is 16.2. The third-order valence-corrected chi connectivity index (χ3v) is 1.66. The summed E-state index contributed by atoms with van der Waals surface area (Å²) in [6, 6.07) is 0.0351. The number of hydrogen-bond donors (Lipinski definition) is 2. The van der Waals surface area contributed by atoms with Crippen LogP contribution in [0.3, 0.4) is 0 Å². The fourth-order valence-electron chi connectivity index (χ4n) is 1.01. The lowest BCUT2D eigenvalue weighted by molar-refractivity contribution is -0.122. The van der Waals surface area contributed by atoms with Crippen molar-refractivity contribution in [3.05, 3.63) is 12.7 Å². The average molecular weight is 185 g/mol. The summed E-state index contributed by atoms with van der Waals surface area (Å²) < 4.78 is 0. The molecular weight excluding hydrogens is 170 g/mol. The summed E-state index contributed by atoms with van der Waals surface area (Å²) in [7, 11) is 0. The van der Waals surface area contributed by atoms with Crippen LogP contribution in [0, 0.1) is 0 Å². The molecule has 0 bridgehead atoms. The Kier molecular flexibility index (Phi) is 6.53. The van der Waals surface area contributed by atoms with Gasteiger partial charge in [0.05, 0.1) is 6.04 Å². The Balaban J connectivity index is 4.17. The van der Waals surface area contributed by atoms with Gasteiger partial charge in [0.15, 0.2) is 0 Å². The van der Waals surface area contributed by atoms with Gasteiger partial charge in [-0.25, -0.2) is 0 Å². The molecule has 74 valence electrons. The molecule has 0 saturated carbocycles. The van der Waals surface area contributed by atoms with E-state index in [0.717, 1.165) is 6.42 Å². The lowest BCUT2D eigenvalue weighted by Gasteiger charge is -2.27. The van der Waals surface area contributed by atoms with Crippen LogP contribution in [0.15, 0.2) is 12.7 Å². The summed E-state index contributed by atoms with van der Waals surface area (Å²) in [6.45, 7) is 5.55. The van der Waals surface area contributed by atoms with Gasteiger partial charge in [0.2, 0.25) is 12.8 Å². The van der Waals surface area contributed by atoms with E-state index in [4.69, 9.17) is 0 Å². The molecule has 0 heterocycles. The lowest BCUT2D eigenvalue weighted by atomic mass is 10.1. The van der Waals surface area contributed by atoms with Crippen molar-refractivity contribution in [1.82, 2.24) is 16.0 Å². The number of carbonyl (C=O) groups excluding carboxylic acids is 2. The highest BCUT2D eigenvalue weighted by Gasteiger charge is 2.13. The van der Waals surface area contributed by atoms with Crippen LogP contribution in [-0.2, 0) is 9.59 Å². The van der Waals surface area contributed by atoms with Gasteiger partial charge in [0.1, 0.15) is 0 Å². The van der Waals surface area contributed by atoms with Crippen molar-refractivity contribution < 1.29 is 9.59 Å². The van der Waals surface area contributed by atoms with Gasteiger partial charge in [0, 0.05) is 0 Å². The van der Waals surface area contributed by atoms with E-state index < -0.39 is 0 Å². The smallest absolute Gasteiger partial charge is 0.222 e. The van der Waals surface area contributed by atoms with Crippen molar-refractivity contribution in [3.63, 3.8) is 0 Å². The van der Waals surface area contributed by atoms with Gasteiger partial charge in [-0.15, -0.1) is 11.7 Å². The molecule has 0 aliphatic carbocycles. The van der Waals surface area contributed by atoms with E-state index in [1.165, 1.54) is 5.12 Å². The molecule has 0 aromatic carbocycles. The Morgan fingerprint density at radius 1 is 1.38 bits per heavy atom. The Bertz CT molecular complexity index is 163. The van der Waals surface area contributed by atoms with Gasteiger partial charge < -0.3 is 0 Å². The normalized spacial score (nSPS) is 11.8. The van der Waals surface area contributed by atoms with Crippen LogP contribution in [0.5, 0.6) is 0 Å². The van der Waals surface area contributed by atoms with E-state index >= 15 is 0 Å². The summed E-state index contributed by atoms with van der Waals surface area (Å²) in [5.74, 6) is 0. The number of hydrogen-bond acceptors (Lipinski definition) is 3. The van der Waals surface area contributed by atoms with Crippen LogP contribution in [0.25, 0.3) is 0 Å². The Morgan fingerprint density at radius 3 is 2.23 bits per heavy atom. The number of nitrogens with one attached hydrogen (secondary N) is 2. The molecule has 0 aromatic rings. The highest BCUT2D eigenvalue weighted by molar-refractivity contribution is 5.48. The van der Waals surface area contributed by atoms with Crippen LogP contribution < -0.4 is 10.9 Å². The largest absolute Gasteiger partial charge is 0.277 e. The molecular formula is C8H15N3O2. The van der Waals surface area contributed by atoms with Crippen LogP contribution >= 0.6 is 0 Å². The predicted octanol–water partition coefficient (Wildman–Crippen LogP) is -0.0349. The van der Waals surface area contributed by atoms with E-state index in [9.17, 15) is 9.59 Å². The third kappa shape index (κ3) is 4.27. The third-order valence-electron chi connectivity index (χ3n) is 1.66. The molecule has 0 fully saturated rings. The molecule has 13 heavy (non-hydrogen) atoms. The Morgan fingerprint density at radius 2 is 1.92 bits per heavy atom. The van der Waals surface area contributed by atoms with Crippen LogP contribution in [0.1, 0.15) is 19.8 Å². The van der Waals surface area contributed by atoms with Crippen LogP contribution in [0.4, 0.5) is 0 Å². The summed E-state index contributed by atoms with van der Waals surface area (Å²) in [6.07, 6.45) is 4.26. The molecule has 1 atom stereocenters. The van der Waals surface area contributed by atoms with Gasteiger partial charge in [-0.1, -0.05) is 13.0 Å². The summed E-state index contributed by atoms with van der Waals surface area (Å²) in [5.41, 5.74) is 4.76. The first-order valence-electron chi connectivity index (χ1n) is 4.09. The van der Waals surface area contributed by atoms with Gasteiger partial charge in [-0.05, 0) is 12.8 Å². The van der Waals surface area contributed by atoms with Gasteiger partial charge in [-0.3, -0.25) is 20.4 Å². The van der Waals surface area contributed by atoms with Crippen molar-refractivity contribution in [2.45, 2.75) is 25.8 Å². The second-order valence-corrected chi connectivity index (χ2v) is 2.45. The van der Waals surface area contributed by atoms with E-state index in [1.54, 1.807) is 6.08 Å². The minimum absolute atomic E-state index is 0.0351. The number of rotatable bonds is 8. The number of nitrogens with zero attached hydrogens (tertiary/aromatic N) is 1. The van der Waals surface area contributed by atoms with Crippen molar-refractivity contribution in [3.8, 4) is 0 Å². The maximum atomic E-state index is 10.2. The zero-order valence-corrected chi connectivity index (χ0v) is 7.69. The molecule has 2 amide bonds. The molecule has 1 unspecified atom stereocenters. The topological polar surface area (TPSA) is 61.4 Å². The van der Waals surface area contributed by atoms with Crippen molar-refractivity contribution in [2.75, 3.05) is 0 Å². The number of carbonyl (C=O) groups is 2. The first kappa shape index (κ1) is 11.6. The maximum absolute atomic E-state index is 10.2. The molecule has 0 aliphatic heterocycles. The van der Waals surface area contributed by atoms with Crippen molar-refractivity contribution >= 4 is 12.8 Å². The summed E-state index contributed by atoms with van der Waals surface area (Å²) in [4.78, 5) is 20.4. The molecule has 0 aromatic heterocycles. The van der Waals surface area contributed by atoms with Gasteiger partial charge in [-0.2, -0.15) is 0 Å². The Hall–Kier alpha value is -1.36. The average Bonchev–Trinajstić information content (AvgIpc) is 2.14. The predicted molar refractivity (Wildman–Crippen MR) is 49.1 cm³/mol. The first-order chi connectivity index (χ1) is 6.29. The van der Waals surface area contributed by atoms with Crippen molar-refractivity contribution in [2.24, 2.45) is 0 Å². The zero-order valence-electron chi connectivity index (χ0n) is 7.69. The molecule has 0 aliphatic rings. The molecule has 0 saturated heterocycles. The summed E-state index contributed by atoms with van der Waals surface area (Å²) >= 11 is 0. The van der Waals surface area contributed by atoms with Crippen LogP contribution in [0.2, 0.25) is 0 Å². The van der Waals surface area contributed by atoms with Gasteiger partial charge >= 0.3 is 0 Å². The highest BCUT2D eigenvalue weighted by Crippen LogP contribution is 2.03. The minimum atomic E-state index is 0.0351. The fourth-order valence-corrected chi connectivity index (χ4v) is 1.01. The maximum Gasteiger partial charge on any atom is 0.222 e. The van der Waals surface area contributed by atoms with E-state index in [0.29, 0.717) is 19.2 Å². The van der Waals surface area contributed by atoms with E-state index in [2.05, 4.69) is 17.4 Å². The monoisotopic (exact) mass is 185 g/mol. The molecule has 2 N–H and O–H groups in total. The standard InChI is InChI=1S/C8H15N3O2/c1-3-5-8(4-2)11(9-6-12)10-7-13/h3,6-8H,1,4-5H2,2H3,(H,9,12)(H,10,13). The van der Waals surface area contributed by atoms with Crippen molar-refractivity contribution in [1.29, 1.82) is 0 Å². The van der Waals surface area contributed by atoms with Gasteiger partial charge in [0.25, 0.3) is 0 Å². The van der Waals surface area contributed by atoms with E-state index in [-0.39, 0.29) is 6.04 Å². The molecule has 0 rings (SSSR count). The SMILES string of the molecule is C=CCC(CC)N(NC=O)NC=O. The fraction of sp³-hybridized carbons (Fsp3) is 0.500. The van der Waals surface area contributed by atoms with Crippen LogP contribution in [-0.4, -0.2) is 24.0 Å². The zero-order chi connectivity index (χ0) is 10.1. The molecule has 0 spiro atoms. The number of hydrazine groups is 2. The minimum Gasteiger partial charge on any atom is -0.277 e. The second-order valence-electron chi connectivity index (χ2n) is 2.45. The number of amides is 2. The quantitative estimate of drug-likeness (QED) is 0.317. The molecule has 0 radical (unpaired) electrons. The van der Waals surface area contributed by atoms with E-state index in [1.807, 2.05) is 6.92 Å². The lowest BCUT2D eigenvalue weighted by Crippen LogP contribution is -2.52. The first-order valence-corrected chi connectivity index (χ1v) is 4.09. The Labute approximate surface area is 77.7 Å². The molecule has 5 nitrogen and oxygen atoms in total.